The molecule has 0 spiro atoms. The highest BCUT2D eigenvalue weighted by molar-refractivity contribution is 5.53. The number of nitrogens with two attached hydrogens (primary N) is 1. The topological polar surface area (TPSA) is 63.8 Å². The van der Waals surface area contributed by atoms with Crippen molar-refractivity contribution >= 4 is 11.6 Å². The average Bonchev–Trinajstić information content (AvgIpc) is 2.31. The summed E-state index contributed by atoms with van der Waals surface area (Å²) in [7, 11) is 0. The standard InChI is InChI=1S/C14H18N4/c1-10-9-11(2)17-14(16-10)18-13-5-3-12(4-6-13)7-8-15/h3-6,9H,7-8,15H2,1-2H3,(H,16,17,18). The summed E-state index contributed by atoms with van der Waals surface area (Å²) in [5, 5.41) is 3.20. The zero-order valence-corrected chi connectivity index (χ0v) is 10.8. The fraction of sp³-hybridized carbons (Fsp3) is 0.286. The third-order valence-corrected chi connectivity index (χ3v) is 2.63. The van der Waals surface area contributed by atoms with Crippen molar-refractivity contribution in [3.8, 4) is 0 Å². The van der Waals surface area contributed by atoms with E-state index < -0.39 is 0 Å². The molecule has 1 aromatic carbocycles. The molecule has 0 bridgehead atoms. The predicted octanol–water partition coefficient (Wildman–Crippen LogP) is 2.34. The molecule has 1 aromatic heterocycles. The Morgan fingerprint density at radius 2 is 1.67 bits per heavy atom. The third kappa shape index (κ3) is 3.28. The second-order valence-electron chi connectivity index (χ2n) is 4.33. The molecule has 0 fully saturated rings. The van der Waals surface area contributed by atoms with Crippen LogP contribution < -0.4 is 11.1 Å². The molecule has 0 saturated heterocycles. The van der Waals surface area contributed by atoms with E-state index in [4.69, 9.17) is 5.73 Å². The van der Waals surface area contributed by atoms with E-state index in [0.29, 0.717) is 12.5 Å². The Bertz CT molecular complexity index is 500. The number of aryl methyl sites for hydroxylation is 2. The minimum absolute atomic E-state index is 0.638. The van der Waals surface area contributed by atoms with Crippen LogP contribution in [0.3, 0.4) is 0 Å². The van der Waals surface area contributed by atoms with Crippen LogP contribution in [0.4, 0.5) is 11.6 Å². The van der Waals surface area contributed by atoms with E-state index in [0.717, 1.165) is 23.5 Å². The van der Waals surface area contributed by atoms with Crippen LogP contribution in [-0.2, 0) is 6.42 Å². The van der Waals surface area contributed by atoms with Gasteiger partial charge in [-0.05, 0) is 50.6 Å². The Kier molecular flexibility index (Phi) is 3.89. The largest absolute Gasteiger partial charge is 0.330 e. The summed E-state index contributed by atoms with van der Waals surface area (Å²) in [5.74, 6) is 0.638. The van der Waals surface area contributed by atoms with E-state index in [9.17, 15) is 0 Å². The highest BCUT2D eigenvalue weighted by Gasteiger charge is 2.00. The van der Waals surface area contributed by atoms with Crippen LogP contribution >= 0.6 is 0 Å². The van der Waals surface area contributed by atoms with Gasteiger partial charge in [-0.3, -0.25) is 0 Å². The van der Waals surface area contributed by atoms with Gasteiger partial charge in [0.1, 0.15) is 0 Å². The molecular weight excluding hydrogens is 224 g/mol. The number of benzene rings is 1. The van der Waals surface area contributed by atoms with Crippen molar-refractivity contribution in [2.24, 2.45) is 5.73 Å². The average molecular weight is 242 g/mol. The van der Waals surface area contributed by atoms with Crippen molar-refractivity contribution in [3.63, 3.8) is 0 Å². The van der Waals surface area contributed by atoms with Crippen molar-refractivity contribution in [3.05, 3.63) is 47.3 Å². The molecule has 18 heavy (non-hydrogen) atoms. The summed E-state index contributed by atoms with van der Waals surface area (Å²) < 4.78 is 0. The molecule has 0 amide bonds. The van der Waals surface area contributed by atoms with Crippen LogP contribution in [0.2, 0.25) is 0 Å². The Morgan fingerprint density at radius 3 is 2.22 bits per heavy atom. The number of hydrogen-bond acceptors (Lipinski definition) is 4. The lowest BCUT2D eigenvalue weighted by molar-refractivity contribution is 0.969. The second-order valence-corrected chi connectivity index (χ2v) is 4.33. The fourth-order valence-electron chi connectivity index (χ4n) is 1.83. The quantitative estimate of drug-likeness (QED) is 0.863. The molecule has 3 N–H and O–H groups in total. The van der Waals surface area contributed by atoms with Gasteiger partial charge in [-0.25, -0.2) is 9.97 Å². The van der Waals surface area contributed by atoms with Crippen LogP contribution in [0.25, 0.3) is 0 Å². The van der Waals surface area contributed by atoms with E-state index in [1.165, 1.54) is 5.56 Å². The summed E-state index contributed by atoms with van der Waals surface area (Å²) in [6, 6.07) is 10.1. The van der Waals surface area contributed by atoms with Gasteiger partial charge in [0.15, 0.2) is 0 Å². The third-order valence-electron chi connectivity index (χ3n) is 2.63. The highest BCUT2D eigenvalue weighted by atomic mass is 15.1. The van der Waals surface area contributed by atoms with Gasteiger partial charge in [0, 0.05) is 17.1 Å². The van der Waals surface area contributed by atoms with E-state index in [1.54, 1.807) is 0 Å². The molecule has 4 nitrogen and oxygen atoms in total. The van der Waals surface area contributed by atoms with E-state index >= 15 is 0 Å². The summed E-state index contributed by atoms with van der Waals surface area (Å²) >= 11 is 0. The van der Waals surface area contributed by atoms with Gasteiger partial charge in [0.05, 0.1) is 0 Å². The SMILES string of the molecule is Cc1cc(C)nc(Nc2ccc(CCN)cc2)n1. The molecule has 2 aromatic rings. The maximum atomic E-state index is 5.52. The van der Waals surface area contributed by atoms with Crippen molar-refractivity contribution in [1.82, 2.24) is 9.97 Å². The summed E-state index contributed by atoms with van der Waals surface area (Å²) in [6.45, 7) is 4.60. The van der Waals surface area contributed by atoms with E-state index in [2.05, 4.69) is 27.4 Å². The van der Waals surface area contributed by atoms with Gasteiger partial charge in [0.25, 0.3) is 0 Å². The Balaban J connectivity index is 2.13. The van der Waals surface area contributed by atoms with Gasteiger partial charge in [0.2, 0.25) is 5.95 Å². The van der Waals surface area contributed by atoms with Crippen molar-refractivity contribution in [2.45, 2.75) is 20.3 Å². The van der Waals surface area contributed by atoms with Crippen molar-refractivity contribution < 1.29 is 0 Å². The number of anilines is 2. The normalized spacial score (nSPS) is 10.4. The van der Waals surface area contributed by atoms with Crippen LogP contribution in [-0.4, -0.2) is 16.5 Å². The molecule has 0 atom stereocenters. The lowest BCUT2D eigenvalue weighted by Gasteiger charge is -2.07. The lowest BCUT2D eigenvalue weighted by Crippen LogP contribution is -2.03. The molecule has 4 heteroatoms. The Labute approximate surface area is 107 Å². The molecule has 0 aliphatic heterocycles. The predicted molar refractivity (Wildman–Crippen MR) is 74.0 cm³/mol. The molecule has 0 aliphatic rings. The number of nitrogens with zero attached hydrogens (tertiary/aromatic N) is 2. The number of hydrogen-bond donors (Lipinski definition) is 2. The molecule has 0 radical (unpaired) electrons. The molecule has 1 heterocycles. The number of aromatic nitrogens is 2. The zero-order chi connectivity index (χ0) is 13.0. The number of rotatable bonds is 4. The van der Waals surface area contributed by atoms with Crippen LogP contribution in [0.1, 0.15) is 17.0 Å². The molecule has 2 rings (SSSR count). The second kappa shape index (κ2) is 5.60. The highest BCUT2D eigenvalue weighted by Crippen LogP contribution is 2.14. The Morgan fingerprint density at radius 1 is 1.06 bits per heavy atom. The summed E-state index contributed by atoms with van der Waals surface area (Å²) in [5.41, 5.74) is 9.67. The lowest BCUT2D eigenvalue weighted by atomic mass is 10.1. The molecule has 0 saturated carbocycles. The smallest absolute Gasteiger partial charge is 0.227 e. The number of nitrogens with one attached hydrogen (secondary N) is 1. The maximum absolute atomic E-state index is 5.52. The van der Waals surface area contributed by atoms with Crippen molar-refractivity contribution in [1.29, 1.82) is 0 Å². The van der Waals surface area contributed by atoms with Gasteiger partial charge in [-0.15, -0.1) is 0 Å². The van der Waals surface area contributed by atoms with E-state index in [-0.39, 0.29) is 0 Å². The zero-order valence-electron chi connectivity index (χ0n) is 10.8. The Hall–Kier alpha value is -1.94. The summed E-state index contributed by atoms with van der Waals surface area (Å²) in [6.07, 6.45) is 0.903. The first-order valence-corrected chi connectivity index (χ1v) is 6.05. The first-order chi connectivity index (χ1) is 8.67. The monoisotopic (exact) mass is 242 g/mol. The summed E-state index contributed by atoms with van der Waals surface area (Å²) in [4.78, 5) is 8.69. The van der Waals surface area contributed by atoms with Gasteiger partial charge in [-0.1, -0.05) is 12.1 Å². The molecule has 0 aliphatic carbocycles. The first kappa shape index (κ1) is 12.5. The van der Waals surface area contributed by atoms with Crippen LogP contribution in [0, 0.1) is 13.8 Å². The van der Waals surface area contributed by atoms with Gasteiger partial charge >= 0.3 is 0 Å². The minimum Gasteiger partial charge on any atom is -0.330 e. The van der Waals surface area contributed by atoms with Crippen LogP contribution in [0.15, 0.2) is 30.3 Å². The van der Waals surface area contributed by atoms with Crippen molar-refractivity contribution in [2.75, 3.05) is 11.9 Å². The fourth-order valence-corrected chi connectivity index (χ4v) is 1.83. The van der Waals surface area contributed by atoms with Gasteiger partial charge < -0.3 is 11.1 Å². The molecular formula is C14H18N4. The van der Waals surface area contributed by atoms with E-state index in [1.807, 2.05) is 32.0 Å². The minimum atomic E-state index is 0.638. The molecule has 94 valence electrons. The van der Waals surface area contributed by atoms with Gasteiger partial charge in [-0.2, -0.15) is 0 Å². The maximum Gasteiger partial charge on any atom is 0.227 e. The van der Waals surface area contributed by atoms with Crippen LogP contribution in [0.5, 0.6) is 0 Å². The molecule has 0 unspecified atom stereocenters. The first-order valence-electron chi connectivity index (χ1n) is 6.05.